The molecular weight excluding hydrogens is 371 g/mol. The zero-order valence-electron chi connectivity index (χ0n) is 15.2. The summed E-state index contributed by atoms with van der Waals surface area (Å²) in [5.74, 6) is 1.72. The summed E-state index contributed by atoms with van der Waals surface area (Å²) in [7, 11) is 1.41. The summed E-state index contributed by atoms with van der Waals surface area (Å²) in [5, 5.41) is 7.55. The lowest BCUT2D eigenvalue weighted by Crippen LogP contribution is -2.27. The smallest absolute Gasteiger partial charge is 0.231 e. The van der Waals surface area contributed by atoms with Gasteiger partial charge in [0, 0.05) is 23.9 Å². The molecule has 0 radical (unpaired) electrons. The fourth-order valence-electron chi connectivity index (χ4n) is 3.71. The molecule has 1 N–H and O–H groups in total. The molecule has 0 aliphatic carbocycles. The Hall–Kier alpha value is -1.68. The molecule has 2 aliphatic rings. The van der Waals surface area contributed by atoms with E-state index in [1.807, 2.05) is 11.0 Å². The van der Waals surface area contributed by atoms with Crippen LogP contribution in [0.5, 0.6) is 0 Å². The van der Waals surface area contributed by atoms with Crippen molar-refractivity contribution in [3.63, 3.8) is 0 Å². The van der Waals surface area contributed by atoms with Crippen molar-refractivity contribution in [3.05, 3.63) is 35.7 Å². The van der Waals surface area contributed by atoms with Crippen molar-refractivity contribution >= 4 is 17.7 Å². The van der Waals surface area contributed by atoms with Gasteiger partial charge < -0.3 is 14.7 Å². The minimum atomic E-state index is -0.277. The van der Waals surface area contributed by atoms with Crippen molar-refractivity contribution in [1.29, 1.82) is 0 Å². The van der Waals surface area contributed by atoms with Gasteiger partial charge in [-0.3, -0.25) is 0 Å². The van der Waals surface area contributed by atoms with E-state index in [1.54, 1.807) is 6.07 Å². The molecule has 4 rings (SSSR count). The molecular formula is C18H23FN4O3S. The molecule has 2 fully saturated rings. The molecule has 0 amide bonds. The van der Waals surface area contributed by atoms with E-state index in [1.165, 1.54) is 13.2 Å². The summed E-state index contributed by atoms with van der Waals surface area (Å²) in [4.78, 5) is 11.9. The van der Waals surface area contributed by atoms with Gasteiger partial charge >= 0.3 is 0 Å². The second kappa shape index (κ2) is 8.55. The molecule has 27 heavy (non-hydrogen) atoms. The Morgan fingerprint density at radius 2 is 2.11 bits per heavy atom. The Kier molecular flexibility index (Phi) is 5.92. The van der Waals surface area contributed by atoms with Gasteiger partial charge in [0.2, 0.25) is 5.89 Å². The molecule has 1 atom stereocenters. The Labute approximate surface area is 161 Å². The number of rotatable bonds is 6. The van der Waals surface area contributed by atoms with Crippen LogP contribution in [0.2, 0.25) is 0 Å². The van der Waals surface area contributed by atoms with Gasteiger partial charge in [-0.2, -0.15) is 9.32 Å². The van der Waals surface area contributed by atoms with Crippen LogP contribution in [0.15, 0.2) is 27.6 Å². The summed E-state index contributed by atoms with van der Waals surface area (Å²) in [6.45, 7) is 3.42. The number of anilines is 1. The summed E-state index contributed by atoms with van der Waals surface area (Å²) in [6.07, 6.45) is 2.95. The third kappa shape index (κ3) is 4.26. The maximum atomic E-state index is 14.5. The SMILES string of the molecule is COOSc1ccc(N2CC[C@H](c3nc(C4CCNCC4)no3)C2)c(F)c1. The van der Waals surface area contributed by atoms with Crippen LogP contribution in [0.25, 0.3) is 0 Å². The van der Waals surface area contributed by atoms with E-state index in [9.17, 15) is 4.39 Å². The molecule has 9 heteroatoms. The van der Waals surface area contributed by atoms with Gasteiger partial charge in [-0.25, -0.2) is 9.28 Å². The lowest BCUT2D eigenvalue weighted by molar-refractivity contribution is -0.160. The van der Waals surface area contributed by atoms with Crippen LogP contribution in [0.3, 0.4) is 0 Å². The number of nitrogens with one attached hydrogen (secondary N) is 1. The predicted octanol–water partition coefficient (Wildman–Crippen LogP) is 3.25. The van der Waals surface area contributed by atoms with Crippen LogP contribution >= 0.6 is 12.0 Å². The summed E-state index contributed by atoms with van der Waals surface area (Å²) in [6, 6.07) is 5.04. The quantitative estimate of drug-likeness (QED) is 0.455. The van der Waals surface area contributed by atoms with Crippen LogP contribution in [-0.2, 0) is 9.22 Å². The number of benzene rings is 1. The Balaban J connectivity index is 1.41. The van der Waals surface area contributed by atoms with Crippen LogP contribution in [0, 0.1) is 5.82 Å². The largest absolute Gasteiger partial charge is 0.368 e. The minimum Gasteiger partial charge on any atom is -0.368 e. The lowest BCUT2D eigenvalue weighted by Gasteiger charge is -2.19. The van der Waals surface area contributed by atoms with Crippen molar-refractivity contribution in [2.75, 3.05) is 38.2 Å². The highest BCUT2D eigenvalue weighted by atomic mass is 32.2. The molecule has 146 valence electrons. The van der Waals surface area contributed by atoms with E-state index in [0.29, 0.717) is 28.9 Å². The van der Waals surface area contributed by atoms with E-state index in [-0.39, 0.29) is 11.7 Å². The van der Waals surface area contributed by atoms with Crippen molar-refractivity contribution in [2.45, 2.75) is 36.0 Å². The maximum Gasteiger partial charge on any atom is 0.231 e. The highest BCUT2D eigenvalue weighted by Gasteiger charge is 2.31. The normalized spacial score (nSPS) is 21.1. The van der Waals surface area contributed by atoms with E-state index in [0.717, 1.165) is 56.8 Å². The first-order valence-electron chi connectivity index (χ1n) is 9.20. The summed E-state index contributed by atoms with van der Waals surface area (Å²) < 4.78 is 24.8. The zero-order valence-corrected chi connectivity index (χ0v) is 16.0. The number of nitrogens with zero attached hydrogens (tertiary/aromatic N) is 3. The summed E-state index contributed by atoms with van der Waals surface area (Å²) in [5.41, 5.74) is 0.581. The van der Waals surface area contributed by atoms with Gasteiger partial charge in [0.15, 0.2) is 5.82 Å². The highest BCUT2D eigenvalue weighted by molar-refractivity contribution is 7.94. The topological polar surface area (TPSA) is 72.7 Å². The second-order valence-electron chi connectivity index (χ2n) is 6.88. The van der Waals surface area contributed by atoms with E-state index in [2.05, 4.69) is 20.3 Å². The number of halogens is 1. The second-order valence-corrected chi connectivity index (χ2v) is 7.65. The average molecular weight is 394 g/mol. The molecule has 0 spiro atoms. The Bertz CT molecular complexity index is 769. The van der Waals surface area contributed by atoms with Gasteiger partial charge in [0.1, 0.15) is 5.82 Å². The van der Waals surface area contributed by atoms with Gasteiger partial charge in [0.05, 0.1) is 30.8 Å². The molecule has 7 nitrogen and oxygen atoms in total. The van der Waals surface area contributed by atoms with Crippen molar-refractivity contribution < 1.29 is 18.1 Å². The van der Waals surface area contributed by atoms with Gasteiger partial charge in [-0.15, -0.1) is 0 Å². The van der Waals surface area contributed by atoms with Crippen LogP contribution in [-0.4, -0.2) is 43.4 Å². The van der Waals surface area contributed by atoms with Crippen molar-refractivity contribution in [3.8, 4) is 0 Å². The van der Waals surface area contributed by atoms with Gasteiger partial charge in [-0.05, 0) is 50.6 Å². The monoisotopic (exact) mass is 394 g/mol. The third-order valence-electron chi connectivity index (χ3n) is 5.16. The Morgan fingerprint density at radius 3 is 2.89 bits per heavy atom. The van der Waals surface area contributed by atoms with E-state index in [4.69, 9.17) is 8.86 Å². The molecule has 0 saturated carbocycles. The van der Waals surface area contributed by atoms with Crippen molar-refractivity contribution in [2.24, 2.45) is 0 Å². The first-order valence-corrected chi connectivity index (χ1v) is 9.95. The van der Waals surface area contributed by atoms with E-state index < -0.39 is 0 Å². The maximum absolute atomic E-state index is 14.5. The fraction of sp³-hybridized carbons (Fsp3) is 0.556. The number of hydrogen-bond acceptors (Lipinski definition) is 8. The van der Waals surface area contributed by atoms with Crippen LogP contribution in [0.4, 0.5) is 10.1 Å². The molecule has 0 bridgehead atoms. The molecule has 2 aliphatic heterocycles. The lowest BCUT2D eigenvalue weighted by atomic mass is 9.97. The van der Waals surface area contributed by atoms with Crippen molar-refractivity contribution in [1.82, 2.24) is 15.5 Å². The zero-order chi connectivity index (χ0) is 18.6. The molecule has 1 aromatic heterocycles. The van der Waals surface area contributed by atoms with Crippen LogP contribution in [0.1, 0.15) is 42.8 Å². The Morgan fingerprint density at radius 1 is 1.26 bits per heavy atom. The third-order valence-corrected chi connectivity index (χ3v) is 5.81. The van der Waals surface area contributed by atoms with Crippen LogP contribution < -0.4 is 10.2 Å². The molecule has 3 heterocycles. The highest BCUT2D eigenvalue weighted by Crippen LogP contribution is 2.34. The number of piperidine rings is 1. The minimum absolute atomic E-state index is 0.137. The van der Waals surface area contributed by atoms with Gasteiger partial charge in [-0.1, -0.05) is 5.16 Å². The standard InChI is InChI=1S/C18H23FN4O3S/c1-24-26-27-14-2-3-16(15(19)10-14)23-9-6-13(11-23)18-21-17(22-25-18)12-4-7-20-8-5-12/h2-3,10,12-13,20H,4-9,11H2,1H3/t13-/m0/s1. The molecule has 2 saturated heterocycles. The van der Waals surface area contributed by atoms with Gasteiger partial charge in [0.25, 0.3) is 0 Å². The molecule has 1 aromatic carbocycles. The fourth-order valence-corrected chi connectivity index (χ4v) is 4.13. The molecule has 0 unspecified atom stereocenters. The van der Waals surface area contributed by atoms with E-state index >= 15 is 0 Å². The summed E-state index contributed by atoms with van der Waals surface area (Å²) >= 11 is 0.981. The predicted molar refractivity (Wildman–Crippen MR) is 99.1 cm³/mol. The molecule has 2 aromatic rings. The number of hydrogen-bond donors (Lipinski definition) is 1. The average Bonchev–Trinajstić information content (AvgIpc) is 3.37. The first-order chi connectivity index (χ1) is 13.2. The number of aromatic nitrogens is 2. The first kappa shape index (κ1) is 18.7.